The average molecular weight is 302 g/mol. The lowest BCUT2D eigenvalue weighted by Crippen LogP contribution is -2.53. The van der Waals surface area contributed by atoms with Gasteiger partial charge < -0.3 is 14.9 Å². The highest BCUT2D eigenvalue weighted by atomic mass is 16.5. The number of allylic oxidation sites excluding steroid dienone is 2. The van der Waals surface area contributed by atoms with Crippen molar-refractivity contribution in [2.75, 3.05) is 6.61 Å². The van der Waals surface area contributed by atoms with Crippen LogP contribution in [0.4, 0.5) is 0 Å². The van der Waals surface area contributed by atoms with Crippen LogP contribution < -0.4 is 4.74 Å². The lowest BCUT2D eigenvalue weighted by Gasteiger charge is -2.43. The standard InChI is InChI=1S/C18H22O4/c1-4-16(20)18(11-7-6-10-17(18,3)21)14-9-8-13(19)12-15(14)22-5-2/h6-12,19,21H,4-5H2,1-3H3. The number of hydrogen-bond donors (Lipinski definition) is 2. The fraction of sp³-hybridized carbons (Fsp3) is 0.389. The van der Waals surface area contributed by atoms with Gasteiger partial charge in [0.1, 0.15) is 28.3 Å². The number of aliphatic hydroxyl groups is 1. The molecule has 2 atom stereocenters. The van der Waals surface area contributed by atoms with Crippen LogP contribution in [-0.4, -0.2) is 28.2 Å². The van der Waals surface area contributed by atoms with Gasteiger partial charge in [0.25, 0.3) is 0 Å². The third kappa shape index (κ3) is 2.44. The summed E-state index contributed by atoms with van der Waals surface area (Å²) >= 11 is 0. The van der Waals surface area contributed by atoms with E-state index in [2.05, 4.69) is 0 Å². The maximum Gasteiger partial charge on any atom is 0.150 e. The first-order valence-electron chi connectivity index (χ1n) is 7.48. The Morgan fingerprint density at radius 3 is 2.50 bits per heavy atom. The summed E-state index contributed by atoms with van der Waals surface area (Å²) in [7, 11) is 0. The quantitative estimate of drug-likeness (QED) is 0.877. The van der Waals surface area contributed by atoms with Crippen molar-refractivity contribution in [2.24, 2.45) is 0 Å². The van der Waals surface area contributed by atoms with Crippen molar-refractivity contribution in [3.8, 4) is 11.5 Å². The Balaban J connectivity index is 2.74. The van der Waals surface area contributed by atoms with Crippen molar-refractivity contribution in [1.29, 1.82) is 0 Å². The lowest BCUT2D eigenvalue weighted by atomic mass is 9.62. The summed E-state index contributed by atoms with van der Waals surface area (Å²) in [6, 6.07) is 4.63. The molecule has 22 heavy (non-hydrogen) atoms. The summed E-state index contributed by atoms with van der Waals surface area (Å²) in [5.41, 5.74) is -2.04. The molecular weight excluding hydrogens is 280 g/mol. The van der Waals surface area contributed by atoms with Crippen LogP contribution in [0.1, 0.15) is 32.8 Å². The normalized spacial score (nSPS) is 26.9. The van der Waals surface area contributed by atoms with Crippen LogP contribution in [0.2, 0.25) is 0 Å². The molecule has 0 saturated heterocycles. The summed E-state index contributed by atoms with van der Waals surface area (Å²) in [6.07, 6.45) is 7.09. The molecule has 2 unspecified atom stereocenters. The second-order valence-corrected chi connectivity index (χ2v) is 5.56. The number of ketones is 1. The van der Waals surface area contributed by atoms with Gasteiger partial charge in [-0.2, -0.15) is 0 Å². The Hall–Kier alpha value is -2.07. The van der Waals surface area contributed by atoms with Gasteiger partial charge in [-0.05, 0) is 19.9 Å². The Morgan fingerprint density at radius 1 is 1.23 bits per heavy atom. The highest BCUT2D eigenvalue weighted by Gasteiger charge is 2.52. The van der Waals surface area contributed by atoms with Crippen molar-refractivity contribution in [2.45, 2.75) is 38.2 Å². The minimum Gasteiger partial charge on any atom is -0.508 e. The molecule has 2 N–H and O–H groups in total. The van der Waals surface area contributed by atoms with E-state index in [1.807, 2.05) is 6.92 Å². The van der Waals surface area contributed by atoms with Crippen molar-refractivity contribution in [3.63, 3.8) is 0 Å². The molecule has 0 bridgehead atoms. The van der Waals surface area contributed by atoms with E-state index in [1.54, 1.807) is 44.2 Å². The highest BCUT2D eigenvalue weighted by Crippen LogP contribution is 2.46. The first kappa shape index (κ1) is 16.3. The summed E-state index contributed by atoms with van der Waals surface area (Å²) < 4.78 is 5.60. The number of carbonyl (C=O) groups excluding carboxylic acids is 1. The average Bonchev–Trinajstić information content (AvgIpc) is 2.47. The predicted octanol–water partition coefficient (Wildman–Crippen LogP) is 2.88. The summed E-state index contributed by atoms with van der Waals surface area (Å²) in [4.78, 5) is 12.8. The number of phenolic OH excluding ortho intramolecular Hbond substituents is 1. The number of ether oxygens (including phenoxy) is 1. The fourth-order valence-corrected chi connectivity index (χ4v) is 3.02. The third-order valence-electron chi connectivity index (χ3n) is 4.13. The van der Waals surface area contributed by atoms with Gasteiger partial charge in [0.05, 0.1) is 6.61 Å². The molecule has 0 amide bonds. The zero-order valence-electron chi connectivity index (χ0n) is 13.2. The zero-order chi connectivity index (χ0) is 16.4. The molecule has 118 valence electrons. The largest absolute Gasteiger partial charge is 0.508 e. The number of carbonyl (C=O) groups is 1. The maximum absolute atomic E-state index is 12.8. The van der Waals surface area contributed by atoms with Crippen molar-refractivity contribution >= 4 is 5.78 Å². The minimum absolute atomic E-state index is 0.0567. The third-order valence-corrected chi connectivity index (χ3v) is 4.13. The van der Waals surface area contributed by atoms with Crippen molar-refractivity contribution in [1.82, 2.24) is 0 Å². The molecule has 4 heteroatoms. The second kappa shape index (κ2) is 5.97. The summed E-state index contributed by atoms with van der Waals surface area (Å²) in [5, 5.41) is 20.6. The Labute approximate surface area is 130 Å². The number of benzene rings is 1. The molecule has 0 saturated carbocycles. The highest BCUT2D eigenvalue weighted by molar-refractivity contribution is 5.95. The van der Waals surface area contributed by atoms with E-state index in [9.17, 15) is 15.0 Å². The summed E-state index contributed by atoms with van der Waals surface area (Å²) in [6.45, 7) is 5.61. The lowest BCUT2D eigenvalue weighted by molar-refractivity contribution is -0.129. The molecule has 0 aromatic heterocycles. The van der Waals surface area contributed by atoms with Crippen LogP contribution >= 0.6 is 0 Å². The van der Waals surface area contributed by atoms with Crippen LogP contribution in [0.15, 0.2) is 42.5 Å². The Kier molecular flexibility index (Phi) is 4.42. The molecular formula is C18H22O4. The first-order valence-corrected chi connectivity index (χ1v) is 7.48. The monoisotopic (exact) mass is 302 g/mol. The van der Waals surface area contributed by atoms with Crippen molar-refractivity contribution < 1.29 is 19.7 Å². The predicted molar refractivity (Wildman–Crippen MR) is 85.2 cm³/mol. The fourth-order valence-electron chi connectivity index (χ4n) is 3.02. The van der Waals surface area contributed by atoms with Gasteiger partial charge in [-0.3, -0.25) is 4.79 Å². The zero-order valence-corrected chi connectivity index (χ0v) is 13.2. The van der Waals surface area contributed by atoms with Gasteiger partial charge in [-0.15, -0.1) is 0 Å². The van der Waals surface area contributed by atoms with E-state index in [1.165, 1.54) is 12.1 Å². The Morgan fingerprint density at radius 2 is 1.91 bits per heavy atom. The van der Waals surface area contributed by atoms with E-state index in [4.69, 9.17) is 4.74 Å². The van der Waals surface area contributed by atoms with Crippen LogP contribution in [-0.2, 0) is 10.2 Å². The molecule has 0 aliphatic heterocycles. The molecule has 0 radical (unpaired) electrons. The van der Waals surface area contributed by atoms with E-state index in [0.29, 0.717) is 17.9 Å². The first-order chi connectivity index (χ1) is 10.4. The van der Waals surface area contributed by atoms with E-state index < -0.39 is 11.0 Å². The van der Waals surface area contributed by atoms with Gasteiger partial charge in [-0.25, -0.2) is 0 Å². The van der Waals surface area contributed by atoms with Crippen LogP contribution in [0, 0.1) is 0 Å². The van der Waals surface area contributed by atoms with Crippen LogP contribution in [0.25, 0.3) is 0 Å². The number of hydrogen-bond acceptors (Lipinski definition) is 4. The van der Waals surface area contributed by atoms with Crippen LogP contribution in [0.3, 0.4) is 0 Å². The van der Waals surface area contributed by atoms with E-state index in [0.717, 1.165) is 0 Å². The second-order valence-electron chi connectivity index (χ2n) is 5.56. The van der Waals surface area contributed by atoms with Gasteiger partial charge >= 0.3 is 0 Å². The SMILES string of the molecule is CCOc1cc(O)ccc1C1(C(=O)CC)C=CC=CC1(C)O. The maximum atomic E-state index is 12.8. The van der Waals surface area contributed by atoms with Crippen molar-refractivity contribution in [3.05, 3.63) is 48.1 Å². The molecule has 0 spiro atoms. The molecule has 0 fully saturated rings. The minimum atomic E-state index is -1.38. The summed E-state index contributed by atoms with van der Waals surface area (Å²) in [5.74, 6) is 0.357. The molecule has 0 heterocycles. The topological polar surface area (TPSA) is 66.8 Å². The van der Waals surface area contributed by atoms with Gasteiger partial charge in [0.15, 0.2) is 0 Å². The van der Waals surface area contributed by atoms with E-state index >= 15 is 0 Å². The number of Topliss-reactive ketones (excluding diaryl/α,β-unsaturated/α-hetero) is 1. The van der Waals surface area contributed by atoms with Gasteiger partial charge in [0.2, 0.25) is 0 Å². The molecule has 1 aromatic rings. The molecule has 4 nitrogen and oxygen atoms in total. The number of phenols is 1. The molecule has 2 rings (SSSR count). The number of rotatable bonds is 5. The van der Waals surface area contributed by atoms with Crippen LogP contribution in [0.5, 0.6) is 11.5 Å². The Bertz CT molecular complexity index is 628. The smallest absolute Gasteiger partial charge is 0.150 e. The molecule has 1 aromatic carbocycles. The molecule has 1 aliphatic rings. The van der Waals surface area contributed by atoms with E-state index in [-0.39, 0.29) is 18.0 Å². The van der Waals surface area contributed by atoms with Gasteiger partial charge in [-0.1, -0.05) is 37.3 Å². The van der Waals surface area contributed by atoms with Gasteiger partial charge in [0, 0.05) is 18.1 Å². The molecule has 1 aliphatic carbocycles. The number of aromatic hydroxyl groups is 1.